The fraction of sp³-hybridized carbons (Fsp3) is 0.238. The van der Waals surface area contributed by atoms with Gasteiger partial charge in [0.25, 0.3) is 11.8 Å². The Kier molecular flexibility index (Phi) is 6.68. The van der Waals surface area contributed by atoms with Crippen molar-refractivity contribution in [3.63, 3.8) is 0 Å². The predicted octanol–water partition coefficient (Wildman–Crippen LogP) is 2.32. The molecule has 9 heteroatoms. The van der Waals surface area contributed by atoms with Crippen molar-refractivity contribution in [2.24, 2.45) is 5.92 Å². The number of hydrogen-bond acceptors (Lipinski definition) is 5. The fourth-order valence-corrected chi connectivity index (χ4v) is 3.11. The molecule has 3 rings (SSSR count). The lowest BCUT2D eigenvalue weighted by molar-refractivity contribution is -0.151. The van der Waals surface area contributed by atoms with Gasteiger partial charge >= 0.3 is 5.97 Å². The van der Waals surface area contributed by atoms with E-state index in [9.17, 15) is 19.2 Å². The van der Waals surface area contributed by atoms with Gasteiger partial charge in [-0.25, -0.2) is 0 Å². The normalized spacial score (nSPS) is 15.6. The first-order chi connectivity index (χ1) is 14.3. The SMILES string of the molecule is Cc1c(Cl)cccc1NC(=O)COC(=O)[C@@H]1CC(=O)N(NC(=O)c2ccccc2)C1. The van der Waals surface area contributed by atoms with Crippen LogP contribution in [0.1, 0.15) is 22.3 Å². The van der Waals surface area contributed by atoms with Crippen LogP contribution in [0.3, 0.4) is 0 Å². The molecule has 1 aliphatic rings. The highest BCUT2D eigenvalue weighted by atomic mass is 35.5. The van der Waals surface area contributed by atoms with Crippen molar-refractivity contribution < 1.29 is 23.9 Å². The van der Waals surface area contributed by atoms with Crippen LogP contribution in [-0.4, -0.2) is 41.9 Å². The number of halogens is 1. The number of hydrogen-bond donors (Lipinski definition) is 2. The number of ether oxygens (including phenoxy) is 1. The molecule has 0 bridgehead atoms. The number of carbonyl (C=O) groups is 4. The van der Waals surface area contributed by atoms with Gasteiger partial charge in [-0.15, -0.1) is 0 Å². The number of nitrogens with one attached hydrogen (secondary N) is 2. The zero-order valence-corrected chi connectivity index (χ0v) is 16.9. The van der Waals surface area contributed by atoms with Gasteiger partial charge in [-0.3, -0.25) is 29.6 Å². The van der Waals surface area contributed by atoms with E-state index in [2.05, 4.69) is 10.7 Å². The number of amides is 3. The largest absolute Gasteiger partial charge is 0.455 e. The van der Waals surface area contributed by atoms with E-state index >= 15 is 0 Å². The van der Waals surface area contributed by atoms with Crippen LogP contribution in [0.2, 0.25) is 5.02 Å². The van der Waals surface area contributed by atoms with E-state index in [4.69, 9.17) is 16.3 Å². The maximum atomic E-state index is 12.3. The van der Waals surface area contributed by atoms with Gasteiger partial charge in [0, 0.05) is 22.7 Å². The lowest BCUT2D eigenvalue weighted by atomic mass is 10.1. The van der Waals surface area contributed by atoms with Crippen LogP contribution in [0.25, 0.3) is 0 Å². The molecular formula is C21H20ClN3O5. The zero-order chi connectivity index (χ0) is 21.7. The minimum absolute atomic E-state index is 0.0226. The number of carbonyl (C=O) groups excluding carboxylic acids is 4. The molecule has 3 amide bonds. The molecule has 0 unspecified atom stereocenters. The van der Waals surface area contributed by atoms with Gasteiger partial charge in [-0.05, 0) is 36.8 Å². The molecule has 2 aromatic rings. The molecule has 8 nitrogen and oxygen atoms in total. The third kappa shape index (κ3) is 5.15. The van der Waals surface area contributed by atoms with E-state index in [0.717, 1.165) is 5.01 Å². The Morgan fingerprint density at radius 1 is 1.13 bits per heavy atom. The molecule has 2 aromatic carbocycles. The van der Waals surface area contributed by atoms with Gasteiger partial charge in [0.2, 0.25) is 5.91 Å². The monoisotopic (exact) mass is 429 g/mol. The Hall–Kier alpha value is -3.39. The molecule has 0 aliphatic carbocycles. The van der Waals surface area contributed by atoms with Gasteiger partial charge in [0.05, 0.1) is 12.5 Å². The third-order valence-corrected chi connectivity index (χ3v) is 5.03. The number of benzene rings is 2. The molecule has 30 heavy (non-hydrogen) atoms. The molecule has 1 atom stereocenters. The Balaban J connectivity index is 1.49. The summed E-state index contributed by atoms with van der Waals surface area (Å²) < 4.78 is 5.04. The van der Waals surface area contributed by atoms with Crippen molar-refractivity contribution in [1.29, 1.82) is 0 Å². The predicted molar refractivity (Wildman–Crippen MR) is 110 cm³/mol. The molecule has 1 heterocycles. The van der Waals surface area contributed by atoms with Gasteiger partial charge in [-0.2, -0.15) is 0 Å². The van der Waals surface area contributed by atoms with E-state index in [1.807, 2.05) is 0 Å². The second-order valence-corrected chi connectivity index (χ2v) is 7.19. The van der Waals surface area contributed by atoms with Crippen molar-refractivity contribution in [2.75, 3.05) is 18.5 Å². The number of nitrogens with zero attached hydrogens (tertiary/aromatic N) is 1. The first-order valence-corrected chi connectivity index (χ1v) is 9.61. The Labute approximate surface area is 178 Å². The van der Waals surface area contributed by atoms with E-state index in [1.54, 1.807) is 55.5 Å². The number of rotatable bonds is 6. The van der Waals surface area contributed by atoms with Gasteiger partial charge in [-0.1, -0.05) is 35.9 Å². The van der Waals surface area contributed by atoms with Gasteiger partial charge in [0.15, 0.2) is 6.61 Å². The van der Waals surface area contributed by atoms with Crippen molar-refractivity contribution in [2.45, 2.75) is 13.3 Å². The van der Waals surface area contributed by atoms with Gasteiger partial charge in [0.1, 0.15) is 0 Å². The van der Waals surface area contributed by atoms with E-state index in [1.165, 1.54) is 0 Å². The average molecular weight is 430 g/mol. The Morgan fingerprint density at radius 3 is 2.60 bits per heavy atom. The van der Waals surface area contributed by atoms with Crippen LogP contribution in [0, 0.1) is 12.8 Å². The first kappa shape index (κ1) is 21.3. The lowest BCUT2D eigenvalue weighted by Gasteiger charge is -2.17. The maximum Gasteiger partial charge on any atom is 0.311 e. The summed E-state index contributed by atoms with van der Waals surface area (Å²) >= 11 is 6.01. The van der Waals surface area contributed by atoms with Crippen LogP contribution in [-0.2, 0) is 19.1 Å². The molecule has 0 radical (unpaired) electrons. The summed E-state index contributed by atoms with van der Waals surface area (Å²) in [7, 11) is 0. The summed E-state index contributed by atoms with van der Waals surface area (Å²) in [5, 5.41) is 4.22. The Bertz CT molecular complexity index is 980. The molecule has 1 aliphatic heterocycles. The smallest absolute Gasteiger partial charge is 0.311 e. The minimum Gasteiger partial charge on any atom is -0.455 e. The lowest BCUT2D eigenvalue weighted by Crippen LogP contribution is -2.43. The Morgan fingerprint density at radius 2 is 1.87 bits per heavy atom. The van der Waals surface area contributed by atoms with E-state index < -0.39 is 36.2 Å². The molecular weight excluding hydrogens is 410 g/mol. The van der Waals surface area contributed by atoms with Crippen molar-refractivity contribution in [1.82, 2.24) is 10.4 Å². The molecule has 0 aromatic heterocycles. The second kappa shape index (κ2) is 9.41. The quantitative estimate of drug-likeness (QED) is 0.686. The van der Waals surface area contributed by atoms with Crippen molar-refractivity contribution >= 4 is 41.0 Å². The molecule has 156 valence electrons. The van der Waals surface area contributed by atoms with Crippen LogP contribution < -0.4 is 10.7 Å². The summed E-state index contributed by atoms with van der Waals surface area (Å²) in [4.78, 5) is 48.6. The first-order valence-electron chi connectivity index (χ1n) is 9.23. The van der Waals surface area contributed by atoms with Crippen LogP contribution in [0.4, 0.5) is 5.69 Å². The standard InChI is InChI=1S/C21H20ClN3O5/c1-13-16(22)8-5-9-17(13)23-18(26)12-30-21(29)15-10-19(27)25(11-15)24-20(28)14-6-3-2-4-7-14/h2-9,15H,10-12H2,1H3,(H,23,26)(H,24,28)/t15-/m1/s1. The van der Waals surface area contributed by atoms with Crippen molar-refractivity contribution in [3.05, 3.63) is 64.7 Å². The topological polar surface area (TPSA) is 105 Å². The molecule has 1 fully saturated rings. The highest BCUT2D eigenvalue weighted by molar-refractivity contribution is 6.31. The fourth-order valence-electron chi connectivity index (χ4n) is 2.93. The number of hydrazine groups is 1. The van der Waals surface area contributed by atoms with Crippen LogP contribution in [0.5, 0.6) is 0 Å². The number of esters is 1. The summed E-state index contributed by atoms with van der Waals surface area (Å²) in [5.74, 6) is -2.83. The summed E-state index contributed by atoms with van der Waals surface area (Å²) in [6.07, 6.45) is -0.108. The van der Waals surface area contributed by atoms with Gasteiger partial charge < -0.3 is 10.1 Å². The van der Waals surface area contributed by atoms with Crippen molar-refractivity contribution in [3.8, 4) is 0 Å². The van der Waals surface area contributed by atoms with Crippen LogP contribution in [0.15, 0.2) is 48.5 Å². The number of anilines is 1. The van der Waals surface area contributed by atoms with E-state index in [-0.39, 0.29) is 13.0 Å². The van der Waals surface area contributed by atoms with Crippen LogP contribution >= 0.6 is 11.6 Å². The molecule has 0 saturated carbocycles. The summed E-state index contributed by atoms with van der Waals surface area (Å²) in [5.41, 5.74) is 4.10. The summed E-state index contributed by atoms with van der Waals surface area (Å²) in [6, 6.07) is 13.5. The highest BCUT2D eigenvalue weighted by Gasteiger charge is 2.36. The third-order valence-electron chi connectivity index (χ3n) is 4.62. The average Bonchev–Trinajstić information content (AvgIpc) is 3.10. The highest BCUT2D eigenvalue weighted by Crippen LogP contribution is 2.23. The summed E-state index contributed by atoms with van der Waals surface area (Å²) in [6.45, 7) is 1.24. The molecule has 0 spiro atoms. The zero-order valence-electron chi connectivity index (χ0n) is 16.2. The second-order valence-electron chi connectivity index (χ2n) is 6.78. The van der Waals surface area contributed by atoms with E-state index in [0.29, 0.717) is 21.8 Å². The minimum atomic E-state index is -0.769. The molecule has 1 saturated heterocycles. The molecule has 2 N–H and O–H groups in total. The maximum absolute atomic E-state index is 12.3.